The van der Waals surface area contributed by atoms with Crippen LogP contribution in [0.3, 0.4) is 0 Å². The molecule has 0 fully saturated rings. The number of alkyl halides is 1. The van der Waals surface area contributed by atoms with Crippen molar-refractivity contribution in [1.82, 2.24) is 10.1 Å². The van der Waals surface area contributed by atoms with Crippen LogP contribution in [0.5, 0.6) is 0 Å². The van der Waals surface area contributed by atoms with Crippen LogP contribution in [-0.4, -0.2) is 10.1 Å². The number of halogens is 1. The average Bonchev–Trinajstić information content (AvgIpc) is 2.71. The van der Waals surface area contributed by atoms with E-state index in [1.54, 1.807) is 11.3 Å². The molecule has 2 heterocycles. The van der Waals surface area contributed by atoms with Crippen molar-refractivity contribution in [1.29, 1.82) is 0 Å². The first-order valence-corrected chi connectivity index (χ1v) is 5.15. The fourth-order valence-electron chi connectivity index (χ4n) is 0.948. The lowest BCUT2D eigenvalue weighted by Crippen LogP contribution is -1.74. The van der Waals surface area contributed by atoms with Crippen LogP contribution in [0.2, 0.25) is 0 Å². The van der Waals surface area contributed by atoms with Gasteiger partial charge < -0.3 is 4.52 Å². The molecule has 2 rings (SSSR count). The van der Waals surface area contributed by atoms with E-state index in [1.165, 1.54) is 0 Å². The molecule has 2 aromatic rings. The molecule has 0 radical (unpaired) electrons. The highest BCUT2D eigenvalue weighted by Gasteiger charge is 2.08. The van der Waals surface area contributed by atoms with Crippen molar-refractivity contribution in [2.75, 3.05) is 0 Å². The lowest BCUT2D eigenvalue weighted by Gasteiger charge is -1.82. The minimum atomic E-state index is 0.345. The van der Waals surface area contributed by atoms with Gasteiger partial charge in [-0.25, -0.2) is 4.98 Å². The SMILES string of the molecule is Cc1csc(-c2cc(CCl)on2)n1. The van der Waals surface area contributed by atoms with Crippen LogP contribution in [-0.2, 0) is 5.88 Å². The van der Waals surface area contributed by atoms with Gasteiger partial charge in [-0.1, -0.05) is 5.16 Å². The van der Waals surface area contributed by atoms with E-state index in [2.05, 4.69) is 10.1 Å². The average molecular weight is 215 g/mol. The van der Waals surface area contributed by atoms with Gasteiger partial charge in [0.2, 0.25) is 0 Å². The number of thiazole rings is 1. The number of rotatable bonds is 2. The zero-order valence-corrected chi connectivity index (χ0v) is 8.52. The highest BCUT2D eigenvalue weighted by molar-refractivity contribution is 7.13. The predicted octanol–water partition coefficient (Wildman–Crippen LogP) is 2.85. The third-order valence-corrected chi connectivity index (χ3v) is 2.77. The number of aryl methyl sites for hydroxylation is 1. The summed E-state index contributed by atoms with van der Waals surface area (Å²) in [6.45, 7) is 1.95. The summed E-state index contributed by atoms with van der Waals surface area (Å²) >= 11 is 7.13. The molecule has 13 heavy (non-hydrogen) atoms. The van der Waals surface area contributed by atoms with Gasteiger partial charge in [-0.2, -0.15) is 0 Å². The quantitative estimate of drug-likeness (QED) is 0.722. The third kappa shape index (κ3) is 1.73. The van der Waals surface area contributed by atoms with Crippen molar-refractivity contribution in [3.05, 3.63) is 22.9 Å². The summed E-state index contributed by atoms with van der Waals surface area (Å²) in [5.41, 5.74) is 1.75. The lowest BCUT2D eigenvalue weighted by molar-refractivity contribution is 0.396. The van der Waals surface area contributed by atoms with Gasteiger partial charge in [-0.3, -0.25) is 0 Å². The Hall–Kier alpha value is -0.870. The van der Waals surface area contributed by atoms with Crippen LogP contribution in [0.1, 0.15) is 11.5 Å². The van der Waals surface area contributed by atoms with Gasteiger partial charge in [0.25, 0.3) is 0 Å². The van der Waals surface area contributed by atoms with Gasteiger partial charge in [0, 0.05) is 17.1 Å². The molecule has 0 spiro atoms. The lowest BCUT2D eigenvalue weighted by atomic mass is 10.4. The topological polar surface area (TPSA) is 38.9 Å². The maximum atomic E-state index is 5.58. The predicted molar refractivity (Wildman–Crippen MR) is 51.9 cm³/mol. The van der Waals surface area contributed by atoms with Crippen molar-refractivity contribution in [2.45, 2.75) is 12.8 Å². The summed E-state index contributed by atoms with van der Waals surface area (Å²) in [5, 5.41) is 6.71. The van der Waals surface area contributed by atoms with E-state index in [1.807, 2.05) is 18.4 Å². The monoisotopic (exact) mass is 214 g/mol. The number of aromatic nitrogens is 2. The molecule has 0 aromatic carbocycles. The van der Waals surface area contributed by atoms with Crippen LogP contribution in [0, 0.1) is 6.92 Å². The molecule has 0 aliphatic heterocycles. The van der Waals surface area contributed by atoms with E-state index in [9.17, 15) is 0 Å². The van der Waals surface area contributed by atoms with Gasteiger partial charge in [0.1, 0.15) is 10.7 Å². The molecular formula is C8H7ClN2OS. The van der Waals surface area contributed by atoms with E-state index in [-0.39, 0.29) is 0 Å². The zero-order valence-electron chi connectivity index (χ0n) is 6.95. The maximum Gasteiger partial charge on any atom is 0.152 e. The minimum absolute atomic E-state index is 0.345. The number of hydrogen-bond acceptors (Lipinski definition) is 4. The number of hydrogen-bond donors (Lipinski definition) is 0. The van der Waals surface area contributed by atoms with Crippen molar-refractivity contribution in [2.24, 2.45) is 0 Å². The van der Waals surface area contributed by atoms with Crippen molar-refractivity contribution in [3.63, 3.8) is 0 Å². The molecule has 0 unspecified atom stereocenters. The van der Waals surface area contributed by atoms with Crippen molar-refractivity contribution >= 4 is 22.9 Å². The van der Waals surface area contributed by atoms with Gasteiger partial charge in [-0.15, -0.1) is 22.9 Å². The summed E-state index contributed by atoms with van der Waals surface area (Å²) in [4.78, 5) is 4.28. The molecule has 2 aromatic heterocycles. The van der Waals surface area contributed by atoms with E-state index >= 15 is 0 Å². The molecular weight excluding hydrogens is 208 g/mol. The molecule has 0 saturated carbocycles. The van der Waals surface area contributed by atoms with E-state index < -0.39 is 0 Å². The van der Waals surface area contributed by atoms with Gasteiger partial charge in [0.05, 0.1) is 5.88 Å². The molecule has 0 amide bonds. The Kier molecular flexibility index (Phi) is 2.33. The van der Waals surface area contributed by atoms with E-state index in [0.717, 1.165) is 16.4 Å². The largest absolute Gasteiger partial charge is 0.359 e. The molecule has 0 bridgehead atoms. The summed E-state index contributed by atoms with van der Waals surface area (Å²) in [6.07, 6.45) is 0. The molecule has 68 valence electrons. The molecule has 0 aliphatic carbocycles. The van der Waals surface area contributed by atoms with Crippen LogP contribution in [0.4, 0.5) is 0 Å². The molecule has 0 N–H and O–H groups in total. The van der Waals surface area contributed by atoms with Gasteiger partial charge in [0.15, 0.2) is 5.76 Å². The van der Waals surface area contributed by atoms with Crippen LogP contribution in [0.15, 0.2) is 16.0 Å². The summed E-state index contributed by atoms with van der Waals surface area (Å²) < 4.78 is 4.96. The Labute approximate surface area is 84.3 Å². The van der Waals surface area contributed by atoms with E-state index in [4.69, 9.17) is 16.1 Å². The smallest absolute Gasteiger partial charge is 0.152 e. The van der Waals surface area contributed by atoms with Crippen molar-refractivity contribution < 1.29 is 4.52 Å². The fraction of sp³-hybridized carbons (Fsp3) is 0.250. The molecule has 0 aliphatic rings. The highest BCUT2D eigenvalue weighted by Crippen LogP contribution is 2.23. The normalized spacial score (nSPS) is 10.6. The first-order valence-electron chi connectivity index (χ1n) is 3.73. The van der Waals surface area contributed by atoms with Crippen LogP contribution >= 0.6 is 22.9 Å². The summed E-state index contributed by atoms with van der Waals surface area (Å²) in [5.74, 6) is 1.02. The highest BCUT2D eigenvalue weighted by atomic mass is 35.5. The molecule has 3 nitrogen and oxygen atoms in total. The summed E-state index contributed by atoms with van der Waals surface area (Å²) in [6, 6.07) is 1.81. The molecule has 0 saturated heterocycles. The molecule has 5 heteroatoms. The Morgan fingerprint density at radius 3 is 3.00 bits per heavy atom. The second-order valence-electron chi connectivity index (χ2n) is 2.61. The van der Waals surface area contributed by atoms with Gasteiger partial charge in [-0.05, 0) is 6.92 Å². The first-order chi connectivity index (χ1) is 6.29. The Morgan fingerprint density at radius 2 is 2.46 bits per heavy atom. The zero-order chi connectivity index (χ0) is 9.26. The Balaban J connectivity index is 2.35. The van der Waals surface area contributed by atoms with Crippen LogP contribution < -0.4 is 0 Å². The second kappa shape index (κ2) is 3.47. The Bertz CT molecular complexity index is 410. The van der Waals surface area contributed by atoms with Crippen molar-refractivity contribution in [3.8, 4) is 10.7 Å². The van der Waals surface area contributed by atoms with E-state index in [0.29, 0.717) is 11.6 Å². The second-order valence-corrected chi connectivity index (χ2v) is 3.73. The summed E-state index contributed by atoms with van der Waals surface area (Å²) in [7, 11) is 0. The Morgan fingerprint density at radius 1 is 1.62 bits per heavy atom. The molecule has 0 atom stereocenters. The fourth-order valence-corrected chi connectivity index (χ4v) is 1.82. The standard InChI is InChI=1S/C8H7ClN2OS/c1-5-4-13-8(10-5)7-2-6(3-9)12-11-7/h2,4H,3H2,1H3. The first kappa shape index (κ1) is 8.72. The minimum Gasteiger partial charge on any atom is -0.359 e. The number of nitrogens with zero attached hydrogens (tertiary/aromatic N) is 2. The van der Waals surface area contributed by atoms with Crippen LogP contribution in [0.25, 0.3) is 10.7 Å². The third-order valence-electron chi connectivity index (χ3n) is 1.53. The maximum absolute atomic E-state index is 5.58. The van der Waals surface area contributed by atoms with Gasteiger partial charge >= 0.3 is 0 Å².